The van der Waals surface area contributed by atoms with Crippen LogP contribution in [-0.4, -0.2) is 19.0 Å². The third-order valence-corrected chi connectivity index (χ3v) is 3.40. The molecule has 0 saturated heterocycles. The molecular formula is C17H18N2O3. The summed E-state index contributed by atoms with van der Waals surface area (Å²) in [5.74, 6) is -0.891. The summed E-state index contributed by atoms with van der Waals surface area (Å²) in [7, 11) is 1.34. The molecule has 114 valence electrons. The Kier molecular flexibility index (Phi) is 4.91. The van der Waals surface area contributed by atoms with Crippen molar-refractivity contribution in [3.05, 3.63) is 59.7 Å². The Labute approximate surface area is 128 Å². The van der Waals surface area contributed by atoms with Gasteiger partial charge < -0.3 is 16.2 Å². The zero-order valence-electron chi connectivity index (χ0n) is 12.3. The lowest BCUT2D eigenvalue weighted by atomic mass is 9.91. The molecule has 1 atom stereocenters. The van der Waals surface area contributed by atoms with Gasteiger partial charge in [0.2, 0.25) is 5.91 Å². The van der Waals surface area contributed by atoms with Crippen molar-refractivity contribution in [1.29, 1.82) is 0 Å². The van der Waals surface area contributed by atoms with Gasteiger partial charge in [0.1, 0.15) is 0 Å². The Morgan fingerprint density at radius 2 is 1.64 bits per heavy atom. The number of amides is 1. The molecule has 0 aliphatic rings. The number of rotatable bonds is 5. The van der Waals surface area contributed by atoms with E-state index in [-0.39, 0.29) is 6.42 Å². The Bertz CT molecular complexity index is 698. The Morgan fingerprint density at radius 3 is 2.27 bits per heavy atom. The smallest absolute Gasteiger partial charge is 0.338 e. The molecule has 2 aromatic carbocycles. The Hall–Kier alpha value is -2.66. The number of esters is 1. The summed E-state index contributed by atoms with van der Waals surface area (Å²) >= 11 is 0. The lowest BCUT2D eigenvalue weighted by Gasteiger charge is -2.17. The third-order valence-electron chi connectivity index (χ3n) is 3.40. The molecule has 4 N–H and O–H groups in total. The largest absolute Gasteiger partial charge is 0.465 e. The van der Waals surface area contributed by atoms with Crippen molar-refractivity contribution in [2.45, 2.75) is 12.5 Å². The summed E-state index contributed by atoms with van der Waals surface area (Å²) in [6.45, 7) is 0. The topological polar surface area (TPSA) is 95.4 Å². The summed E-state index contributed by atoms with van der Waals surface area (Å²) in [4.78, 5) is 23.1. The van der Waals surface area contributed by atoms with Crippen molar-refractivity contribution < 1.29 is 14.3 Å². The molecule has 0 spiro atoms. The van der Waals surface area contributed by atoms with E-state index >= 15 is 0 Å². The molecule has 22 heavy (non-hydrogen) atoms. The maximum atomic E-state index is 11.9. The van der Waals surface area contributed by atoms with Gasteiger partial charge in [-0.3, -0.25) is 4.79 Å². The highest BCUT2D eigenvalue weighted by molar-refractivity contribution is 5.97. The molecule has 1 unspecified atom stereocenters. The molecule has 2 aromatic rings. The third kappa shape index (κ3) is 3.32. The normalized spacial score (nSPS) is 11.7. The fourth-order valence-electron chi connectivity index (χ4n) is 2.40. The number of nitrogens with two attached hydrogens (primary N) is 2. The Balaban J connectivity index is 2.55. The molecule has 0 saturated carbocycles. The molecule has 2 rings (SSSR count). The maximum Gasteiger partial charge on any atom is 0.338 e. The lowest BCUT2D eigenvalue weighted by molar-refractivity contribution is -0.118. The lowest BCUT2D eigenvalue weighted by Crippen LogP contribution is -2.21. The number of hydrogen-bond donors (Lipinski definition) is 2. The second kappa shape index (κ2) is 6.87. The molecular weight excluding hydrogens is 280 g/mol. The number of carbonyl (C=O) groups excluding carboxylic acids is 2. The molecule has 0 aliphatic carbocycles. The van der Waals surface area contributed by atoms with E-state index in [4.69, 9.17) is 16.2 Å². The molecule has 1 amide bonds. The van der Waals surface area contributed by atoms with Gasteiger partial charge in [0.05, 0.1) is 12.7 Å². The van der Waals surface area contributed by atoms with Gasteiger partial charge in [0.25, 0.3) is 0 Å². The van der Waals surface area contributed by atoms with Crippen LogP contribution in [0.1, 0.15) is 28.4 Å². The second-order valence-electron chi connectivity index (χ2n) is 4.90. The highest BCUT2D eigenvalue weighted by atomic mass is 16.5. The van der Waals surface area contributed by atoms with E-state index in [1.54, 1.807) is 12.1 Å². The van der Waals surface area contributed by atoms with Gasteiger partial charge in [-0.15, -0.1) is 0 Å². The zero-order valence-corrected chi connectivity index (χ0v) is 12.3. The van der Waals surface area contributed by atoms with E-state index < -0.39 is 17.9 Å². The van der Waals surface area contributed by atoms with Gasteiger partial charge in [-0.05, 0) is 22.8 Å². The molecule has 5 nitrogen and oxygen atoms in total. The van der Waals surface area contributed by atoms with Crippen molar-refractivity contribution in [3.63, 3.8) is 0 Å². The number of carbonyl (C=O) groups is 2. The van der Waals surface area contributed by atoms with Crippen LogP contribution >= 0.6 is 0 Å². The summed E-state index contributed by atoms with van der Waals surface area (Å²) in [6, 6.07) is 14.0. The van der Waals surface area contributed by atoms with E-state index in [1.165, 1.54) is 7.11 Å². The van der Waals surface area contributed by atoms with Crippen LogP contribution in [0.2, 0.25) is 0 Å². The fourth-order valence-corrected chi connectivity index (χ4v) is 2.40. The highest BCUT2D eigenvalue weighted by Crippen LogP contribution is 2.31. The highest BCUT2D eigenvalue weighted by Gasteiger charge is 2.18. The van der Waals surface area contributed by atoms with Gasteiger partial charge in [-0.1, -0.05) is 42.5 Å². The molecule has 0 aromatic heterocycles. The predicted molar refractivity (Wildman–Crippen MR) is 84.0 cm³/mol. The SMILES string of the molecule is COC(=O)c1ccccc1-c1ccccc1C(N)CC(N)=O. The molecule has 5 heteroatoms. The van der Waals surface area contributed by atoms with Crippen LogP contribution in [0.15, 0.2) is 48.5 Å². The summed E-state index contributed by atoms with van der Waals surface area (Å²) in [5, 5.41) is 0. The number of methoxy groups -OCH3 is 1. The number of hydrogen-bond acceptors (Lipinski definition) is 4. The average molecular weight is 298 g/mol. The van der Waals surface area contributed by atoms with E-state index in [2.05, 4.69) is 0 Å². The van der Waals surface area contributed by atoms with Crippen LogP contribution in [0.25, 0.3) is 11.1 Å². The predicted octanol–water partition coefficient (Wildman–Crippen LogP) is 2.02. The molecule has 0 heterocycles. The van der Waals surface area contributed by atoms with Crippen LogP contribution in [-0.2, 0) is 9.53 Å². The number of primary amides is 1. The zero-order chi connectivity index (χ0) is 16.1. The molecule has 0 aliphatic heterocycles. The van der Waals surface area contributed by atoms with Gasteiger partial charge in [0.15, 0.2) is 0 Å². The maximum absolute atomic E-state index is 11.9. The number of benzene rings is 2. The van der Waals surface area contributed by atoms with Crippen LogP contribution in [0.4, 0.5) is 0 Å². The quantitative estimate of drug-likeness (QED) is 0.825. The van der Waals surface area contributed by atoms with Gasteiger partial charge in [0, 0.05) is 12.5 Å². The Morgan fingerprint density at radius 1 is 1.05 bits per heavy atom. The van der Waals surface area contributed by atoms with Gasteiger partial charge >= 0.3 is 5.97 Å². The molecule has 0 fully saturated rings. The first-order valence-electron chi connectivity index (χ1n) is 6.85. The van der Waals surface area contributed by atoms with E-state index in [0.717, 1.165) is 11.1 Å². The van der Waals surface area contributed by atoms with Gasteiger partial charge in [-0.2, -0.15) is 0 Å². The summed E-state index contributed by atoms with van der Waals surface area (Å²) in [5.41, 5.74) is 14.0. The first kappa shape index (κ1) is 15.7. The van der Waals surface area contributed by atoms with Crippen LogP contribution in [0, 0.1) is 0 Å². The van der Waals surface area contributed by atoms with Crippen molar-refractivity contribution in [2.24, 2.45) is 11.5 Å². The molecule has 0 bridgehead atoms. The monoisotopic (exact) mass is 298 g/mol. The van der Waals surface area contributed by atoms with Crippen molar-refractivity contribution >= 4 is 11.9 Å². The van der Waals surface area contributed by atoms with Crippen LogP contribution in [0.3, 0.4) is 0 Å². The van der Waals surface area contributed by atoms with E-state index in [9.17, 15) is 9.59 Å². The minimum Gasteiger partial charge on any atom is -0.465 e. The second-order valence-corrected chi connectivity index (χ2v) is 4.90. The van der Waals surface area contributed by atoms with Crippen LogP contribution in [0.5, 0.6) is 0 Å². The first-order chi connectivity index (χ1) is 10.5. The molecule has 0 radical (unpaired) electrons. The standard InChI is InChI=1S/C17H18N2O3/c1-22-17(21)14-9-5-3-7-12(14)11-6-2-4-8-13(11)15(18)10-16(19)20/h2-9,15H,10,18H2,1H3,(H2,19,20). The van der Waals surface area contributed by atoms with Crippen LogP contribution < -0.4 is 11.5 Å². The van der Waals surface area contributed by atoms with E-state index in [0.29, 0.717) is 11.1 Å². The minimum atomic E-state index is -0.528. The van der Waals surface area contributed by atoms with Gasteiger partial charge in [-0.25, -0.2) is 4.79 Å². The summed E-state index contributed by atoms with van der Waals surface area (Å²) < 4.78 is 4.82. The average Bonchev–Trinajstić information content (AvgIpc) is 2.53. The van der Waals surface area contributed by atoms with Crippen molar-refractivity contribution in [3.8, 4) is 11.1 Å². The summed E-state index contributed by atoms with van der Waals surface area (Å²) in [6.07, 6.45) is 0.0391. The van der Waals surface area contributed by atoms with Crippen molar-refractivity contribution in [2.75, 3.05) is 7.11 Å². The first-order valence-corrected chi connectivity index (χ1v) is 6.85. The number of ether oxygens (including phenoxy) is 1. The van der Waals surface area contributed by atoms with Crippen molar-refractivity contribution in [1.82, 2.24) is 0 Å². The van der Waals surface area contributed by atoms with E-state index in [1.807, 2.05) is 36.4 Å². The minimum absolute atomic E-state index is 0.0391. The fraction of sp³-hybridized carbons (Fsp3) is 0.176.